The largest absolute Gasteiger partial charge is 0.549 e. The standard InChI is InChI=1S/C13H10F2N2O2/c1-13(12(18)19,8-2-10(14)6-16-4-8)9-3-11(15)7-17-5-9/h2-7H,1H3,(H,18,19)/p-1. The van der Waals surface area contributed by atoms with Crippen LogP contribution in [0.15, 0.2) is 36.9 Å². The van der Waals surface area contributed by atoms with Crippen LogP contribution in [0.25, 0.3) is 0 Å². The molecule has 2 heterocycles. The Morgan fingerprint density at radius 1 is 1.05 bits per heavy atom. The van der Waals surface area contributed by atoms with Gasteiger partial charge in [0.2, 0.25) is 0 Å². The summed E-state index contributed by atoms with van der Waals surface area (Å²) in [5.41, 5.74) is -1.62. The summed E-state index contributed by atoms with van der Waals surface area (Å²) < 4.78 is 26.4. The Balaban J connectivity index is 2.65. The lowest BCUT2D eigenvalue weighted by Crippen LogP contribution is -2.44. The third-order valence-corrected chi connectivity index (χ3v) is 2.97. The lowest BCUT2D eigenvalue weighted by atomic mass is 9.77. The summed E-state index contributed by atoms with van der Waals surface area (Å²) in [6, 6.07) is 2.04. The van der Waals surface area contributed by atoms with Crippen molar-refractivity contribution in [3.8, 4) is 0 Å². The monoisotopic (exact) mass is 263 g/mol. The quantitative estimate of drug-likeness (QED) is 0.822. The van der Waals surface area contributed by atoms with Crippen LogP contribution in [-0.4, -0.2) is 15.9 Å². The minimum atomic E-state index is -1.73. The molecule has 2 aromatic rings. The number of carboxylic acids is 1. The first-order valence-electron chi connectivity index (χ1n) is 5.38. The summed E-state index contributed by atoms with van der Waals surface area (Å²) in [6.45, 7) is 1.29. The van der Waals surface area contributed by atoms with Gasteiger partial charge in [-0.05, 0) is 30.2 Å². The molecular formula is C13H9F2N2O2-. The molecule has 6 heteroatoms. The Hall–Kier alpha value is -2.37. The number of aromatic nitrogens is 2. The van der Waals surface area contributed by atoms with Gasteiger partial charge in [-0.2, -0.15) is 0 Å². The van der Waals surface area contributed by atoms with Crippen molar-refractivity contribution in [2.45, 2.75) is 12.3 Å². The zero-order valence-electron chi connectivity index (χ0n) is 9.93. The maximum Gasteiger partial charge on any atom is 0.141 e. The molecule has 0 spiro atoms. The van der Waals surface area contributed by atoms with Crippen LogP contribution in [0.5, 0.6) is 0 Å². The molecule has 2 aromatic heterocycles. The Labute approximate surface area is 107 Å². The van der Waals surface area contributed by atoms with E-state index in [1.54, 1.807) is 0 Å². The smallest absolute Gasteiger partial charge is 0.141 e. The highest BCUT2D eigenvalue weighted by molar-refractivity contribution is 5.83. The maximum atomic E-state index is 13.2. The van der Waals surface area contributed by atoms with E-state index in [1.165, 1.54) is 19.3 Å². The molecule has 2 rings (SSSR count). The SMILES string of the molecule is CC(C(=O)[O-])(c1cncc(F)c1)c1cncc(F)c1. The zero-order valence-corrected chi connectivity index (χ0v) is 9.93. The molecule has 0 radical (unpaired) electrons. The van der Waals surface area contributed by atoms with E-state index in [-0.39, 0.29) is 11.1 Å². The van der Waals surface area contributed by atoms with E-state index in [1.807, 2.05) is 0 Å². The van der Waals surface area contributed by atoms with E-state index in [2.05, 4.69) is 9.97 Å². The molecule has 0 N–H and O–H groups in total. The van der Waals surface area contributed by atoms with Crippen LogP contribution in [0.4, 0.5) is 8.78 Å². The number of aliphatic carboxylic acids is 1. The van der Waals surface area contributed by atoms with Gasteiger partial charge in [0.05, 0.1) is 23.8 Å². The van der Waals surface area contributed by atoms with Gasteiger partial charge in [-0.3, -0.25) is 9.97 Å². The highest BCUT2D eigenvalue weighted by Crippen LogP contribution is 2.31. The molecule has 0 aliphatic rings. The fourth-order valence-corrected chi connectivity index (χ4v) is 1.77. The summed E-state index contributed by atoms with van der Waals surface area (Å²) in [5.74, 6) is -2.86. The van der Waals surface area contributed by atoms with E-state index in [0.717, 1.165) is 24.5 Å². The first-order valence-corrected chi connectivity index (χ1v) is 5.38. The molecule has 0 amide bonds. The number of hydrogen-bond donors (Lipinski definition) is 0. The number of hydrogen-bond acceptors (Lipinski definition) is 4. The Bertz CT molecular complexity index is 586. The number of rotatable bonds is 3. The van der Waals surface area contributed by atoms with Crippen molar-refractivity contribution in [1.29, 1.82) is 0 Å². The molecular weight excluding hydrogens is 254 g/mol. The average molecular weight is 263 g/mol. The van der Waals surface area contributed by atoms with Gasteiger partial charge in [0, 0.05) is 12.4 Å². The highest BCUT2D eigenvalue weighted by atomic mass is 19.1. The second-order valence-corrected chi connectivity index (χ2v) is 4.20. The van der Waals surface area contributed by atoms with Crippen LogP contribution in [0.3, 0.4) is 0 Å². The van der Waals surface area contributed by atoms with Crippen LogP contribution in [0.2, 0.25) is 0 Å². The van der Waals surface area contributed by atoms with Crippen LogP contribution in [-0.2, 0) is 10.2 Å². The molecule has 0 saturated heterocycles. The van der Waals surface area contributed by atoms with Crippen LogP contribution in [0.1, 0.15) is 18.1 Å². The predicted molar refractivity (Wildman–Crippen MR) is 59.9 cm³/mol. The number of carbonyl (C=O) groups is 1. The minimum absolute atomic E-state index is 0.0555. The molecule has 0 saturated carbocycles. The fourth-order valence-electron chi connectivity index (χ4n) is 1.77. The third-order valence-electron chi connectivity index (χ3n) is 2.97. The molecule has 0 atom stereocenters. The van der Waals surface area contributed by atoms with Gasteiger partial charge in [0.1, 0.15) is 11.6 Å². The molecule has 0 unspecified atom stereocenters. The van der Waals surface area contributed by atoms with E-state index >= 15 is 0 Å². The number of carbonyl (C=O) groups excluding carboxylic acids is 1. The minimum Gasteiger partial charge on any atom is -0.549 e. The topological polar surface area (TPSA) is 65.9 Å². The highest BCUT2D eigenvalue weighted by Gasteiger charge is 2.32. The maximum absolute atomic E-state index is 13.2. The molecule has 98 valence electrons. The first-order chi connectivity index (χ1) is 8.94. The van der Waals surface area contributed by atoms with E-state index in [9.17, 15) is 18.7 Å². The van der Waals surface area contributed by atoms with Crippen molar-refractivity contribution in [2.75, 3.05) is 0 Å². The lowest BCUT2D eigenvalue weighted by molar-refractivity contribution is -0.311. The molecule has 19 heavy (non-hydrogen) atoms. The normalized spacial score (nSPS) is 11.3. The number of halogens is 2. The van der Waals surface area contributed by atoms with Gasteiger partial charge < -0.3 is 9.90 Å². The molecule has 0 bridgehead atoms. The molecule has 0 aliphatic carbocycles. The van der Waals surface area contributed by atoms with E-state index in [0.29, 0.717) is 0 Å². The number of pyridine rings is 2. The van der Waals surface area contributed by atoms with E-state index in [4.69, 9.17) is 0 Å². The average Bonchev–Trinajstić information content (AvgIpc) is 2.37. The van der Waals surface area contributed by atoms with Crippen molar-refractivity contribution in [3.63, 3.8) is 0 Å². The van der Waals surface area contributed by atoms with Gasteiger partial charge in [-0.1, -0.05) is 0 Å². The van der Waals surface area contributed by atoms with Crippen LogP contribution >= 0.6 is 0 Å². The second kappa shape index (κ2) is 4.72. The van der Waals surface area contributed by atoms with Gasteiger partial charge in [0.25, 0.3) is 0 Å². The van der Waals surface area contributed by atoms with Crippen LogP contribution < -0.4 is 5.11 Å². The summed E-state index contributed by atoms with van der Waals surface area (Å²) in [5, 5.41) is 11.4. The van der Waals surface area contributed by atoms with Crippen molar-refractivity contribution in [3.05, 3.63) is 59.7 Å². The predicted octanol–water partition coefficient (Wildman–Crippen LogP) is 0.811. The second-order valence-electron chi connectivity index (χ2n) is 4.20. The number of carboxylic acid groups (broad SMARTS) is 1. The summed E-state index contributed by atoms with van der Waals surface area (Å²) in [4.78, 5) is 18.6. The van der Waals surface area contributed by atoms with Gasteiger partial charge in [0.15, 0.2) is 0 Å². The molecule has 0 aromatic carbocycles. The Morgan fingerprint density at radius 2 is 1.47 bits per heavy atom. The van der Waals surface area contributed by atoms with Crippen molar-refractivity contribution >= 4 is 5.97 Å². The molecule has 4 nitrogen and oxygen atoms in total. The lowest BCUT2D eigenvalue weighted by Gasteiger charge is -2.31. The fraction of sp³-hybridized carbons (Fsp3) is 0.154. The Morgan fingerprint density at radius 3 is 1.79 bits per heavy atom. The van der Waals surface area contributed by atoms with Crippen molar-refractivity contribution < 1.29 is 18.7 Å². The Kier molecular flexibility index (Phi) is 3.25. The summed E-state index contributed by atoms with van der Waals surface area (Å²) >= 11 is 0. The molecule has 0 fully saturated rings. The van der Waals surface area contributed by atoms with Crippen LogP contribution in [0, 0.1) is 11.6 Å². The molecule has 0 aliphatic heterocycles. The number of nitrogens with zero attached hydrogens (tertiary/aromatic N) is 2. The zero-order chi connectivity index (χ0) is 14.0. The van der Waals surface area contributed by atoms with Gasteiger partial charge in [-0.25, -0.2) is 8.78 Å². The van der Waals surface area contributed by atoms with Gasteiger partial charge >= 0.3 is 0 Å². The van der Waals surface area contributed by atoms with Crippen molar-refractivity contribution in [1.82, 2.24) is 9.97 Å². The summed E-state index contributed by atoms with van der Waals surface area (Å²) in [6.07, 6.45) is 4.29. The van der Waals surface area contributed by atoms with Gasteiger partial charge in [-0.15, -0.1) is 0 Å². The first kappa shape index (κ1) is 13.1. The summed E-state index contributed by atoms with van der Waals surface area (Å²) in [7, 11) is 0. The van der Waals surface area contributed by atoms with E-state index < -0.39 is 23.0 Å². The third kappa shape index (κ3) is 2.29. The van der Waals surface area contributed by atoms with Crippen molar-refractivity contribution in [2.24, 2.45) is 0 Å².